The quantitative estimate of drug-likeness (QED) is 0.156. The first-order chi connectivity index (χ1) is 30.7. The monoisotopic (exact) mass is 796 g/mol. The fourth-order valence-corrected chi connectivity index (χ4v) is 11.4. The van der Waals surface area contributed by atoms with Crippen molar-refractivity contribution in [3.63, 3.8) is 0 Å². The second kappa shape index (κ2) is 14.8. The number of rotatable bonds is 7. The van der Waals surface area contributed by atoms with Gasteiger partial charge in [-0.2, -0.15) is 0 Å². The zero-order valence-electron chi connectivity index (χ0n) is 35.1. The lowest BCUT2D eigenvalue weighted by Crippen LogP contribution is -2.22. The number of anilines is 3. The topological polar surface area (TPSA) is 8.17 Å². The summed E-state index contributed by atoms with van der Waals surface area (Å²) in [5.74, 6) is 0.575. The van der Waals surface area contributed by atoms with E-state index in [0.29, 0.717) is 5.92 Å². The Labute approximate surface area is 364 Å². The van der Waals surface area contributed by atoms with E-state index in [2.05, 4.69) is 223 Å². The number of fused-ring (bicyclic) bond motifs is 7. The highest BCUT2D eigenvalue weighted by Gasteiger charge is 2.42. The largest absolute Gasteiger partial charge is 0.309 e. The molecule has 1 aromatic heterocycles. The molecular weight excluding hydrogens is 749 g/mol. The molecule has 0 spiro atoms. The van der Waals surface area contributed by atoms with Crippen LogP contribution >= 0.6 is 0 Å². The Bertz CT molecular complexity index is 3290. The maximum atomic E-state index is 2.58. The SMILES string of the molecule is CC1(c2ccccc2)c2ccccc2-c2c(N(c3ccc4c(c3)c3ccccc3n4-c3ccccc3)c3ccccc3-c3cccc4cccc(C5CCCCC5)c34)cccc21. The Morgan fingerprint density at radius 3 is 1.95 bits per heavy atom. The lowest BCUT2D eigenvalue weighted by atomic mass is 9.74. The van der Waals surface area contributed by atoms with Crippen LogP contribution in [-0.2, 0) is 5.41 Å². The van der Waals surface area contributed by atoms with Gasteiger partial charge in [0, 0.05) is 38.7 Å². The van der Waals surface area contributed by atoms with Crippen molar-refractivity contribution >= 4 is 49.6 Å². The summed E-state index contributed by atoms with van der Waals surface area (Å²) in [4.78, 5) is 2.58. The van der Waals surface area contributed by atoms with Crippen molar-refractivity contribution in [1.29, 1.82) is 0 Å². The molecule has 2 heteroatoms. The van der Waals surface area contributed by atoms with Crippen molar-refractivity contribution in [2.24, 2.45) is 0 Å². The van der Waals surface area contributed by atoms with Crippen molar-refractivity contribution < 1.29 is 0 Å². The maximum absolute atomic E-state index is 2.58. The Kier molecular flexibility index (Phi) is 8.74. The van der Waals surface area contributed by atoms with Crippen LogP contribution in [0, 0.1) is 0 Å². The van der Waals surface area contributed by atoms with Crippen LogP contribution in [0.15, 0.2) is 206 Å². The summed E-state index contributed by atoms with van der Waals surface area (Å²) in [6.45, 7) is 2.42. The van der Waals surface area contributed by atoms with Crippen LogP contribution in [0.1, 0.15) is 67.2 Å². The molecular formula is C60H48N2. The van der Waals surface area contributed by atoms with Crippen molar-refractivity contribution in [3.8, 4) is 27.9 Å². The summed E-state index contributed by atoms with van der Waals surface area (Å²) >= 11 is 0. The van der Waals surface area contributed by atoms with Gasteiger partial charge in [0.05, 0.1) is 22.4 Å². The Morgan fingerprint density at radius 2 is 1.11 bits per heavy atom. The van der Waals surface area contributed by atoms with E-state index >= 15 is 0 Å². The van der Waals surface area contributed by atoms with E-state index in [1.165, 1.54) is 121 Å². The molecule has 0 bridgehead atoms. The van der Waals surface area contributed by atoms with Gasteiger partial charge < -0.3 is 9.47 Å². The predicted octanol–water partition coefficient (Wildman–Crippen LogP) is 16.5. The normalized spacial score (nSPS) is 16.1. The van der Waals surface area contributed by atoms with E-state index in [1.807, 2.05) is 0 Å². The highest BCUT2D eigenvalue weighted by molar-refractivity contribution is 6.12. The summed E-state index contributed by atoms with van der Waals surface area (Å²) in [6.07, 6.45) is 6.47. The molecule has 1 unspecified atom stereocenters. The van der Waals surface area contributed by atoms with E-state index in [1.54, 1.807) is 0 Å². The minimum Gasteiger partial charge on any atom is -0.309 e. The van der Waals surface area contributed by atoms with Gasteiger partial charge in [0.25, 0.3) is 0 Å². The van der Waals surface area contributed by atoms with Gasteiger partial charge in [0.2, 0.25) is 0 Å². The molecule has 1 heterocycles. The molecule has 2 aliphatic carbocycles. The Morgan fingerprint density at radius 1 is 0.484 bits per heavy atom. The third-order valence-electron chi connectivity index (χ3n) is 14.3. The number of hydrogen-bond donors (Lipinski definition) is 0. The fourth-order valence-electron chi connectivity index (χ4n) is 11.4. The summed E-state index contributed by atoms with van der Waals surface area (Å²) < 4.78 is 2.41. The second-order valence-electron chi connectivity index (χ2n) is 17.6. The van der Waals surface area contributed by atoms with E-state index in [0.717, 1.165) is 11.4 Å². The van der Waals surface area contributed by atoms with Gasteiger partial charge in [-0.3, -0.25) is 0 Å². The average molecular weight is 797 g/mol. The minimum absolute atomic E-state index is 0.327. The molecule has 2 nitrogen and oxygen atoms in total. The third-order valence-corrected chi connectivity index (χ3v) is 14.3. The van der Waals surface area contributed by atoms with Crippen LogP contribution < -0.4 is 4.90 Å². The zero-order chi connectivity index (χ0) is 41.2. The number of benzene rings is 9. The van der Waals surface area contributed by atoms with Crippen LogP contribution in [0.5, 0.6) is 0 Å². The van der Waals surface area contributed by atoms with Gasteiger partial charge in [-0.15, -0.1) is 0 Å². The third kappa shape index (κ3) is 5.63. The van der Waals surface area contributed by atoms with Crippen LogP contribution in [-0.4, -0.2) is 4.57 Å². The lowest BCUT2D eigenvalue weighted by molar-refractivity contribution is 0.445. The molecule has 298 valence electrons. The molecule has 0 radical (unpaired) electrons. The second-order valence-corrected chi connectivity index (χ2v) is 17.6. The highest BCUT2D eigenvalue weighted by atomic mass is 15.1. The van der Waals surface area contributed by atoms with Crippen molar-refractivity contribution in [1.82, 2.24) is 4.57 Å². The molecule has 1 atom stereocenters. The van der Waals surface area contributed by atoms with Crippen LogP contribution in [0.25, 0.3) is 60.5 Å². The summed E-state index contributed by atoms with van der Waals surface area (Å²) in [7, 11) is 0. The average Bonchev–Trinajstić information content (AvgIpc) is 3.82. The molecule has 2 aliphatic rings. The molecule has 10 aromatic rings. The number of aromatic nitrogens is 1. The van der Waals surface area contributed by atoms with E-state index < -0.39 is 0 Å². The van der Waals surface area contributed by atoms with Crippen LogP contribution in [0.2, 0.25) is 0 Å². The van der Waals surface area contributed by atoms with E-state index in [9.17, 15) is 0 Å². The van der Waals surface area contributed by atoms with Gasteiger partial charge in [0.1, 0.15) is 0 Å². The van der Waals surface area contributed by atoms with Gasteiger partial charge in [0.15, 0.2) is 0 Å². The first-order valence-electron chi connectivity index (χ1n) is 22.5. The minimum atomic E-state index is -0.327. The number of nitrogens with zero attached hydrogens (tertiary/aromatic N) is 2. The highest BCUT2D eigenvalue weighted by Crippen LogP contribution is 2.57. The molecule has 62 heavy (non-hydrogen) atoms. The van der Waals surface area contributed by atoms with E-state index in [4.69, 9.17) is 0 Å². The van der Waals surface area contributed by atoms with Crippen LogP contribution in [0.3, 0.4) is 0 Å². The molecule has 0 aliphatic heterocycles. The van der Waals surface area contributed by atoms with Crippen molar-refractivity contribution in [2.45, 2.75) is 50.4 Å². The fraction of sp³-hybridized carbons (Fsp3) is 0.133. The predicted molar refractivity (Wildman–Crippen MR) is 262 cm³/mol. The summed E-state index contributed by atoms with van der Waals surface area (Å²) in [5, 5.41) is 5.19. The Hall–Kier alpha value is -7.16. The number of hydrogen-bond acceptors (Lipinski definition) is 1. The van der Waals surface area contributed by atoms with Gasteiger partial charge in [-0.1, -0.05) is 177 Å². The van der Waals surface area contributed by atoms with E-state index in [-0.39, 0.29) is 5.41 Å². The van der Waals surface area contributed by atoms with Crippen molar-refractivity contribution in [2.75, 3.05) is 4.90 Å². The standard InChI is InChI=1S/C60H48N2/c1-60(43-24-7-3-8-25-43)52-33-14-11-30-50(52)59-53(60)34-19-37-57(59)62(45-38-39-56-51(40-45)48-29-13-16-36-55(48)61(56)44-26-9-4-10-27-44)54-35-15-12-28-47(54)49-32-18-23-42-22-17-31-46(58(42)49)41-20-5-2-6-21-41/h3-4,7-19,22-41H,2,5-6,20-21H2,1H3. The maximum Gasteiger partial charge on any atom is 0.0543 e. The van der Waals surface area contributed by atoms with Crippen molar-refractivity contribution in [3.05, 3.63) is 229 Å². The van der Waals surface area contributed by atoms with Gasteiger partial charge >= 0.3 is 0 Å². The smallest absolute Gasteiger partial charge is 0.0543 e. The van der Waals surface area contributed by atoms with Gasteiger partial charge in [-0.25, -0.2) is 0 Å². The molecule has 1 saturated carbocycles. The zero-order valence-corrected chi connectivity index (χ0v) is 35.1. The van der Waals surface area contributed by atoms with Crippen LogP contribution in [0.4, 0.5) is 17.1 Å². The first-order valence-corrected chi connectivity index (χ1v) is 22.5. The summed E-state index contributed by atoms with van der Waals surface area (Å²) in [5.41, 5.74) is 17.3. The number of para-hydroxylation sites is 3. The molecule has 1 fully saturated rings. The lowest BCUT2D eigenvalue weighted by Gasteiger charge is -2.32. The molecule has 0 N–H and O–H groups in total. The molecule has 12 rings (SSSR count). The Balaban J connectivity index is 1.16. The molecule has 0 amide bonds. The molecule has 9 aromatic carbocycles. The van der Waals surface area contributed by atoms with Gasteiger partial charge in [-0.05, 0) is 118 Å². The first kappa shape index (κ1) is 36.7. The molecule has 0 saturated heterocycles. The summed E-state index contributed by atoms with van der Waals surface area (Å²) in [6, 6.07) is 77.1.